The van der Waals surface area contributed by atoms with Crippen LogP contribution in [0.2, 0.25) is 0 Å². The number of hydrogen-bond acceptors (Lipinski definition) is 4. The van der Waals surface area contributed by atoms with Crippen LogP contribution in [0.3, 0.4) is 0 Å². The van der Waals surface area contributed by atoms with Crippen molar-refractivity contribution in [1.82, 2.24) is 4.90 Å². The number of hydrogen-bond donors (Lipinski definition) is 0. The summed E-state index contributed by atoms with van der Waals surface area (Å²) in [5.74, 6) is -0.390. The maximum atomic E-state index is 12.6. The zero-order valence-electron chi connectivity index (χ0n) is 16.0. The van der Waals surface area contributed by atoms with Gasteiger partial charge in [-0.05, 0) is 38.0 Å². The summed E-state index contributed by atoms with van der Waals surface area (Å²) in [6.45, 7) is 6.71. The van der Waals surface area contributed by atoms with Gasteiger partial charge in [0.05, 0.1) is 13.2 Å². The number of benzene rings is 1. The van der Waals surface area contributed by atoms with Crippen LogP contribution in [0.25, 0.3) is 0 Å². The number of esters is 1. The Morgan fingerprint density at radius 2 is 1.65 bits per heavy atom. The van der Waals surface area contributed by atoms with Gasteiger partial charge in [-0.3, -0.25) is 4.90 Å². The Labute approximate surface area is 165 Å². The standard InChI is InChI=1S/C20H30BrNO4/c1-4-7-8-9-14-22(20(24)26-6-3)18(19(23)25-5-2)15-16-10-12-17(21)13-11-16/h10-13,18H,4-9,14-15H2,1-3H3. The maximum Gasteiger partial charge on any atom is 0.410 e. The van der Waals surface area contributed by atoms with E-state index in [2.05, 4.69) is 22.9 Å². The SMILES string of the molecule is CCCCCCN(C(=O)OCC)C(Cc1ccc(Br)cc1)C(=O)OCC. The molecule has 1 aromatic rings. The van der Waals surface area contributed by atoms with Crippen molar-refractivity contribution in [3.8, 4) is 0 Å². The molecule has 0 N–H and O–H groups in total. The lowest BCUT2D eigenvalue weighted by molar-refractivity contribution is -0.149. The molecular weight excluding hydrogens is 398 g/mol. The summed E-state index contributed by atoms with van der Waals surface area (Å²) in [5, 5.41) is 0. The molecule has 0 saturated heterocycles. The Balaban J connectivity index is 2.98. The zero-order chi connectivity index (χ0) is 19.4. The molecule has 0 saturated carbocycles. The van der Waals surface area contributed by atoms with Gasteiger partial charge in [0.25, 0.3) is 0 Å². The first-order valence-electron chi connectivity index (χ1n) is 9.37. The van der Waals surface area contributed by atoms with Gasteiger partial charge in [0.1, 0.15) is 6.04 Å². The lowest BCUT2D eigenvalue weighted by Gasteiger charge is -2.29. The van der Waals surface area contributed by atoms with E-state index < -0.39 is 12.1 Å². The van der Waals surface area contributed by atoms with Crippen LogP contribution in [0, 0.1) is 0 Å². The number of unbranched alkanes of at least 4 members (excludes halogenated alkanes) is 3. The second kappa shape index (κ2) is 12.7. The molecular formula is C20H30BrNO4. The number of amides is 1. The Kier molecular flexibility index (Phi) is 11.0. The number of carbonyl (C=O) groups is 2. The quantitative estimate of drug-likeness (QED) is 0.369. The van der Waals surface area contributed by atoms with Crippen molar-refractivity contribution in [3.63, 3.8) is 0 Å². The highest BCUT2D eigenvalue weighted by molar-refractivity contribution is 9.10. The molecule has 0 bridgehead atoms. The van der Waals surface area contributed by atoms with Crippen LogP contribution in [0.1, 0.15) is 52.0 Å². The number of rotatable bonds is 11. The number of ether oxygens (including phenoxy) is 2. The lowest BCUT2D eigenvalue weighted by atomic mass is 10.0. The monoisotopic (exact) mass is 427 g/mol. The van der Waals surface area contributed by atoms with Crippen LogP contribution in [-0.4, -0.2) is 42.8 Å². The minimum Gasteiger partial charge on any atom is -0.464 e. The molecule has 1 amide bonds. The smallest absolute Gasteiger partial charge is 0.410 e. The summed E-state index contributed by atoms with van der Waals surface area (Å²) >= 11 is 3.41. The molecule has 0 aliphatic heterocycles. The van der Waals surface area contributed by atoms with Gasteiger partial charge in [0, 0.05) is 17.4 Å². The van der Waals surface area contributed by atoms with Gasteiger partial charge in [-0.15, -0.1) is 0 Å². The summed E-state index contributed by atoms with van der Waals surface area (Å²) < 4.78 is 11.4. The van der Waals surface area contributed by atoms with Crippen molar-refractivity contribution < 1.29 is 19.1 Å². The molecule has 5 nitrogen and oxygen atoms in total. The predicted octanol–water partition coefficient (Wildman–Crippen LogP) is 4.96. The van der Waals surface area contributed by atoms with Crippen molar-refractivity contribution in [1.29, 1.82) is 0 Å². The summed E-state index contributed by atoms with van der Waals surface area (Å²) in [6.07, 6.45) is 4.01. The van der Waals surface area contributed by atoms with Crippen LogP contribution in [0.5, 0.6) is 0 Å². The summed E-state index contributed by atoms with van der Waals surface area (Å²) in [7, 11) is 0. The predicted molar refractivity (Wildman–Crippen MR) is 106 cm³/mol. The highest BCUT2D eigenvalue weighted by atomic mass is 79.9. The van der Waals surface area contributed by atoms with Crippen LogP contribution in [0.15, 0.2) is 28.7 Å². The third-order valence-electron chi connectivity index (χ3n) is 4.03. The van der Waals surface area contributed by atoms with Gasteiger partial charge in [0.15, 0.2) is 0 Å². The molecule has 0 radical (unpaired) electrons. The fourth-order valence-corrected chi connectivity index (χ4v) is 2.96. The third kappa shape index (κ3) is 7.77. The lowest BCUT2D eigenvalue weighted by Crippen LogP contribution is -2.48. The molecule has 0 fully saturated rings. The van der Waals surface area contributed by atoms with Crippen LogP contribution in [0.4, 0.5) is 4.79 Å². The third-order valence-corrected chi connectivity index (χ3v) is 4.56. The van der Waals surface area contributed by atoms with Crippen molar-refractivity contribution in [2.75, 3.05) is 19.8 Å². The van der Waals surface area contributed by atoms with Crippen molar-refractivity contribution in [3.05, 3.63) is 34.3 Å². The second-order valence-corrected chi connectivity index (χ2v) is 6.97. The first kappa shape index (κ1) is 22.5. The Bertz CT molecular complexity index is 547. The van der Waals surface area contributed by atoms with Gasteiger partial charge >= 0.3 is 12.1 Å². The summed E-state index contributed by atoms with van der Waals surface area (Å²) in [4.78, 5) is 26.6. The number of carbonyl (C=O) groups excluding carboxylic acids is 2. The fraction of sp³-hybridized carbons (Fsp3) is 0.600. The molecule has 0 heterocycles. The molecule has 1 aromatic carbocycles. The highest BCUT2D eigenvalue weighted by Gasteiger charge is 2.31. The first-order valence-corrected chi connectivity index (χ1v) is 10.2. The Morgan fingerprint density at radius 1 is 1.00 bits per heavy atom. The van der Waals surface area contributed by atoms with E-state index in [0.29, 0.717) is 13.0 Å². The topological polar surface area (TPSA) is 55.8 Å². The fourth-order valence-electron chi connectivity index (χ4n) is 2.69. The van der Waals surface area contributed by atoms with Crippen molar-refractivity contribution >= 4 is 28.0 Å². The number of halogens is 1. The van der Waals surface area contributed by atoms with E-state index in [9.17, 15) is 9.59 Å². The van der Waals surface area contributed by atoms with Gasteiger partial charge < -0.3 is 9.47 Å². The number of nitrogens with zero attached hydrogens (tertiary/aromatic N) is 1. The maximum absolute atomic E-state index is 12.6. The molecule has 0 aromatic heterocycles. The van der Waals surface area contributed by atoms with Gasteiger partial charge in [-0.25, -0.2) is 9.59 Å². The summed E-state index contributed by atoms with van der Waals surface area (Å²) in [5.41, 5.74) is 0.967. The van der Waals surface area contributed by atoms with Gasteiger partial charge in [-0.1, -0.05) is 54.2 Å². The van der Waals surface area contributed by atoms with Crippen molar-refractivity contribution in [2.45, 2.75) is 58.9 Å². The molecule has 0 aliphatic carbocycles. The van der Waals surface area contributed by atoms with E-state index in [-0.39, 0.29) is 19.2 Å². The average Bonchev–Trinajstić information content (AvgIpc) is 2.62. The van der Waals surface area contributed by atoms with Gasteiger partial charge in [0.2, 0.25) is 0 Å². The average molecular weight is 428 g/mol. The minimum absolute atomic E-state index is 0.276. The van der Waals surface area contributed by atoms with E-state index in [1.54, 1.807) is 13.8 Å². The molecule has 1 unspecified atom stereocenters. The van der Waals surface area contributed by atoms with Crippen LogP contribution >= 0.6 is 15.9 Å². The normalized spacial score (nSPS) is 11.7. The Morgan fingerprint density at radius 3 is 2.23 bits per heavy atom. The summed E-state index contributed by atoms with van der Waals surface area (Å²) in [6, 6.07) is 7.05. The second-order valence-electron chi connectivity index (χ2n) is 6.05. The first-order chi connectivity index (χ1) is 12.5. The molecule has 0 spiro atoms. The van der Waals surface area contributed by atoms with E-state index in [4.69, 9.17) is 9.47 Å². The molecule has 0 aliphatic rings. The van der Waals surface area contributed by atoms with Gasteiger partial charge in [-0.2, -0.15) is 0 Å². The molecule has 1 atom stereocenters. The minimum atomic E-state index is -0.684. The highest BCUT2D eigenvalue weighted by Crippen LogP contribution is 2.17. The van der Waals surface area contributed by atoms with E-state index in [1.807, 2.05) is 24.3 Å². The van der Waals surface area contributed by atoms with Crippen molar-refractivity contribution in [2.24, 2.45) is 0 Å². The Hall–Kier alpha value is -1.56. The van der Waals surface area contributed by atoms with E-state index in [1.165, 1.54) is 4.90 Å². The molecule has 6 heteroatoms. The van der Waals surface area contributed by atoms with Crippen LogP contribution in [-0.2, 0) is 20.7 Å². The van der Waals surface area contributed by atoms with E-state index >= 15 is 0 Å². The van der Waals surface area contributed by atoms with E-state index in [0.717, 1.165) is 35.7 Å². The molecule has 146 valence electrons. The molecule has 1 rings (SSSR count). The largest absolute Gasteiger partial charge is 0.464 e. The zero-order valence-corrected chi connectivity index (χ0v) is 17.6. The van der Waals surface area contributed by atoms with Crippen LogP contribution < -0.4 is 0 Å². The molecule has 26 heavy (non-hydrogen) atoms.